The Balaban J connectivity index is 1.38. The molecular weight excluding hydrogens is 383 g/mol. The van der Waals surface area contributed by atoms with E-state index in [9.17, 15) is 14.0 Å². The van der Waals surface area contributed by atoms with Crippen molar-refractivity contribution in [2.75, 3.05) is 51.6 Å². The maximum absolute atomic E-state index is 12.9. The molecule has 1 aliphatic heterocycles. The second-order valence-corrected chi connectivity index (χ2v) is 7.84. The Morgan fingerprint density at radius 3 is 2.10 bits per heavy atom. The first-order valence-electron chi connectivity index (χ1n) is 10.2. The monoisotopic (exact) mass is 412 g/mol. The highest BCUT2D eigenvalue weighted by molar-refractivity contribution is 5.92. The first-order chi connectivity index (χ1) is 14.4. The van der Waals surface area contributed by atoms with Crippen LogP contribution in [0, 0.1) is 12.7 Å². The lowest BCUT2D eigenvalue weighted by atomic mass is 10.1. The fraction of sp³-hybridized carbons (Fsp3) is 0.391. The van der Waals surface area contributed by atoms with Crippen LogP contribution in [0.15, 0.2) is 48.5 Å². The summed E-state index contributed by atoms with van der Waals surface area (Å²) in [5.74, 6) is -0.356. The van der Waals surface area contributed by atoms with Crippen molar-refractivity contribution in [3.63, 3.8) is 0 Å². The highest BCUT2D eigenvalue weighted by Gasteiger charge is 2.22. The van der Waals surface area contributed by atoms with Crippen LogP contribution in [0.5, 0.6) is 0 Å². The molecule has 0 aromatic heterocycles. The summed E-state index contributed by atoms with van der Waals surface area (Å²) in [5, 5.41) is 2.78. The lowest BCUT2D eigenvalue weighted by Gasteiger charge is -2.34. The standard InChI is InChI=1S/C23H29FN4O2/c1-18-3-5-19(6-4-18)15-26(2)23(30)17-28-13-11-27(12-14-28)16-22(29)25-21-9-7-20(24)8-10-21/h3-10H,11-17H2,1-2H3,(H,25,29). The third kappa shape index (κ3) is 6.64. The molecule has 1 aliphatic rings. The van der Waals surface area contributed by atoms with Crippen LogP contribution in [0.25, 0.3) is 0 Å². The maximum Gasteiger partial charge on any atom is 0.238 e. The Hall–Kier alpha value is -2.77. The number of carbonyl (C=O) groups is 2. The number of aryl methyl sites for hydroxylation is 1. The van der Waals surface area contributed by atoms with Crippen molar-refractivity contribution in [2.45, 2.75) is 13.5 Å². The molecule has 0 unspecified atom stereocenters. The molecule has 2 aromatic rings. The first-order valence-corrected chi connectivity index (χ1v) is 10.2. The largest absolute Gasteiger partial charge is 0.340 e. The third-order valence-corrected chi connectivity index (χ3v) is 5.29. The molecule has 2 aromatic carbocycles. The van der Waals surface area contributed by atoms with Crippen LogP contribution < -0.4 is 5.32 Å². The van der Waals surface area contributed by atoms with Crippen LogP contribution >= 0.6 is 0 Å². The summed E-state index contributed by atoms with van der Waals surface area (Å²) in [4.78, 5) is 30.7. The molecule has 7 heteroatoms. The van der Waals surface area contributed by atoms with Crippen LogP contribution in [-0.2, 0) is 16.1 Å². The van der Waals surface area contributed by atoms with Crippen molar-refractivity contribution < 1.29 is 14.0 Å². The summed E-state index contributed by atoms with van der Waals surface area (Å²) in [6.45, 7) is 6.26. The van der Waals surface area contributed by atoms with E-state index in [2.05, 4.69) is 39.4 Å². The smallest absolute Gasteiger partial charge is 0.238 e. The van der Waals surface area contributed by atoms with Crippen LogP contribution in [0.3, 0.4) is 0 Å². The Morgan fingerprint density at radius 1 is 0.933 bits per heavy atom. The van der Waals surface area contributed by atoms with E-state index in [0.717, 1.165) is 31.7 Å². The molecule has 0 aliphatic carbocycles. The number of benzene rings is 2. The average molecular weight is 413 g/mol. The molecule has 3 rings (SSSR count). The number of nitrogens with one attached hydrogen (secondary N) is 1. The van der Waals surface area contributed by atoms with Crippen LogP contribution in [0.2, 0.25) is 0 Å². The molecule has 0 radical (unpaired) electrons. The molecule has 0 saturated carbocycles. The zero-order valence-electron chi connectivity index (χ0n) is 17.6. The van der Waals surface area contributed by atoms with Gasteiger partial charge in [-0.05, 0) is 36.8 Å². The van der Waals surface area contributed by atoms with Gasteiger partial charge >= 0.3 is 0 Å². The number of nitrogens with zero attached hydrogens (tertiary/aromatic N) is 3. The summed E-state index contributed by atoms with van der Waals surface area (Å²) in [5.41, 5.74) is 2.91. The predicted molar refractivity (Wildman–Crippen MR) is 116 cm³/mol. The number of hydrogen-bond donors (Lipinski definition) is 1. The molecule has 0 atom stereocenters. The summed E-state index contributed by atoms with van der Waals surface area (Å²) >= 11 is 0. The van der Waals surface area contributed by atoms with Gasteiger partial charge in [-0.3, -0.25) is 19.4 Å². The van der Waals surface area contributed by atoms with Crippen molar-refractivity contribution in [3.05, 3.63) is 65.5 Å². The minimum absolute atomic E-state index is 0.0954. The van der Waals surface area contributed by atoms with E-state index in [-0.39, 0.29) is 24.2 Å². The lowest BCUT2D eigenvalue weighted by molar-refractivity contribution is -0.132. The van der Waals surface area contributed by atoms with Gasteiger partial charge < -0.3 is 10.2 Å². The van der Waals surface area contributed by atoms with Crippen LogP contribution in [-0.4, -0.2) is 72.8 Å². The van der Waals surface area contributed by atoms with E-state index in [4.69, 9.17) is 0 Å². The van der Waals surface area contributed by atoms with Gasteiger partial charge in [0.1, 0.15) is 5.82 Å². The van der Waals surface area contributed by atoms with Crippen molar-refractivity contribution in [3.8, 4) is 0 Å². The highest BCUT2D eigenvalue weighted by Crippen LogP contribution is 2.10. The SMILES string of the molecule is Cc1ccc(CN(C)C(=O)CN2CCN(CC(=O)Nc3ccc(F)cc3)CC2)cc1. The van der Waals surface area contributed by atoms with E-state index in [1.54, 1.807) is 17.0 Å². The number of rotatable bonds is 7. The van der Waals surface area contributed by atoms with Gasteiger partial charge in [0.2, 0.25) is 11.8 Å². The Labute approximate surface area is 177 Å². The number of halogens is 1. The second kappa shape index (κ2) is 10.3. The second-order valence-electron chi connectivity index (χ2n) is 7.84. The minimum atomic E-state index is -0.330. The molecular formula is C23H29FN4O2. The van der Waals surface area contributed by atoms with Gasteiger partial charge in [0.25, 0.3) is 0 Å². The normalized spacial score (nSPS) is 15.0. The van der Waals surface area contributed by atoms with Gasteiger partial charge in [-0.15, -0.1) is 0 Å². The van der Waals surface area contributed by atoms with Gasteiger partial charge in [0.05, 0.1) is 13.1 Å². The Kier molecular flexibility index (Phi) is 7.54. The minimum Gasteiger partial charge on any atom is -0.340 e. The average Bonchev–Trinajstić information content (AvgIpc) is 2.73. The number of likely N-dealkylation sites (N-methyl/N-ethyl adjacent to an activating group) is 1. The molecule has 160 valence electrons. The first kappa shape index (κ1) is 21.9. The molecule has 6 nitrogen and oxygen atoms in total. The van der Waals surface area contributed by atoms with Gasteiger partial charge in [-0.25, -0.2) is 4.39 Å². The van der Waals surface area contributed by atoms with E-state index in [0.29, 0.717) is 18.8 Å². The molecule has 0 bridgehead atoms. The topological polar surface area (TPSA) is 55.9 Å². The quantitative estimate of drug-likeness (QED) is 0.759. The summed E-state index contributed by atoms with van der Waals surface area (Å²) in [6.07, 6.45) is 0. The van der Waals surface area contributed by atoms with Crippen LogP contribution in [0.4, 0.5) is 10.1 Å². The summed E-state index contributed by atoms with van der Waals surface area (Å²) < 4.78 is 12.9. The fourth-order valence-corrected chi connectivity index (χ4v) is 3.41. The number of amides is 2. The fourth-order valence-electron chi connectivity index (χ4n) is 3.41. The number of anilines is 1. The van der Waals surface area contributed by atoms with Gasteiger partial charge in [0.15, 0.2) is 0 Å². The van der Waals surface area contributed by atoms with Crippen molar-refractivity contribution in [1.82, 2.24) is 14.7 Å². The zero-order valence-corrected chi connectivity index (χ0v) is 17.6. The third-order valence-electron chi connectivity index (χ3n) is 5.29. The highest BCUT2D eigenvalue weighted by atomic mass is 19.1. The van der Waals surface area contributed by atoms with E-state index in [1.807, 2.05) is 14.0 Å². The van der Waals surface area contributed by atoms with E-state index < -0.39 is 0 Å². The zero-order chi connectivity index (χ0) is 21.5. The molecule has 1 heterocycles. The summed E-state index contributed by atoms with van der Waals surface area (Å²) in [6, 6.07) is 13.9. The Bertz CT molecular complexity index is 847. The summed E-state index contributed by atoms with van der Waals surface area (Å²) in [7, 11) is 1.83. The number of carbonyl (C=O) groups excluding carboxylic acids is 2. The van der Waals surface area contributed by atoms with E-state index >= 15 is 0 Å². The molecule has 0 spiro atoms. The molecule has 1 N–H and O–H groups in total. The van der Waals surface area contributed by atoms with Gasteiger partial charge in [-0.2, -0.15) is 0 Å². The lowest BCUT2D eigenvalue weighted by Crippen LogP contribution is -2.51. The molecule has 1 fully saturated rings. The molecule has 1 saturated heterocycles. The van der Waals surface area contributed by atoms with E-state index in [1.165, 1.54) is 17.7 Å². The predicted octanol–water partition coefficient (Wildman–Crippen LogP) is 2.35. The van der Waals surface area contributed by atoms with Gasteiger partial charge in [0, 0.05) is 45.5 Å². The van der Waals surface area contributed by atoms with Crippen LogP contribution in [0.1, 0.15) is 11.1 Å². The maximum atomic E-state index is 12.9. The van der Waals surface area contributed by atoms with Crippen molar-refractivity contribution in [1.29, 1.82) is 0 Å². The van der Waals surface area contributed by atoms with Crippen molar-refractivity contribution in [2.24, 2.45) is 0 Å². The van der Waals surface area contributed by atoms with Gasteiger partial charge in [-0.1, -0.05) is 29.8 Å². The Morgan fingerprint density at radius 2 is 1.50 bits per heavy atom. The molecule has 2 amide bonds. The number of hydrogen-bond acceptors (Lipinski definition) is 4. The van der Waals surface area contributed by atoms with Crippen molar-refractivity contribution >= 4 is 17.5 Å². The number of piperazine rings is 1. The molecule has 30 heavy (non-hydrogen) atoms.